The molecule has 0 fully saturated rings. The highest BCUT2D eigenvalue weighted by molar-refractivity contribution is 5.47. The topological polar surface area (TPSA) is 94.8 Å². The molecule has 1 rings (SSSR count). The molecule has 3 N–H and O–H groups in total. The molecule has 16 heavy (non-hydrogen) atoms. The van der Waals surface area contributed by atoms with E-state index in [2.05, 4.69) is 22.1 Å². The summed E-state index contributed by atoms with van der Waals surface area (Å²) in [5.74, 6) is 5.02. The van der Waals surface area contributed by atoms with Crippen molar-refractivity contribution in [2.75, 3.05) is 6.54 Å². The second-order valence-electron chi connectivity index (χ2n) is 2.29. The Balaban J connectivity index is 0.00000106. The fourth-order valence-corrected chi connectivity index (χ4v) is 0.735. The molecule has 1 aromatic rings. The number of aromatic amines is 2. The highest BCUT2D eigenvalue weighted by atomic mass is 16.2. The average molecular weight is 223 g/mol. The predicted molar refractivity (Wildman–Crippen MR) is 60.0 cm³/mol. The maximum absolute atomic E-state index is 11.0. The zero-order valence-electron chi connectivity index (χ0n) is 9.09. The molecule has 0 atom stereocenters. The van der Waals surface area contributed by atoms with E-state index < -0.39 is 11.2 Å². The van der Waals surface area contributed by atoms with Crippen LogP contribution in [-0.4, -0.2) is 22.9 Å². The van der Waals surface area contributed by atoms with Crippen LogP contribution >= 0.6 is 0 Å². The Morgan fingerprint density at radius 3 is 2.69 bits per heavy atom. The van der Waals surface area contributed by atoms with Gasteiger partial charge in [0.15, 0.2) is 0 Å². The fraction of sp³-hybridized carbons (Fsp3) is 0.300. The van der Waals surface area contributed by atoms with Crippen LogP contribution in [0.2, 0.25) is 0 Å². The van der Waals surface area contributed by atoms with Gasteiger partial charge >= 0.3 is 5.69 Å². The minimum absolute atomic E-state index is 0.150. The lowest BCUT2D eigenvalue weighted by Gasteiger charge is -1.87. The first-order chi connectivity index (χ1) is 7.74. The molecular weight excluding hydrogens is 210 g/mol. The van der Waals surface area contributed by atoms with Gasteiger partial charge in [-0.2, -0.15) is 0 Å². The molecule has 0 spiro atoms. The molecular formula is C10H13N3O3. The number of hydrogen-bond acceptors (Lipinski definition) is 3. The zero-order valence-corrected chi connectivity index (χ0v) is 9.09. The minimum Gasteiger partial charge on any atom is -0.348 e. The molecule has 6 heteroatoms. The Morgan fingerprint density at radius 1 is 1.44 bits per heavy atom. The number of rotatable bonds is 2. The normalized spacial score (nSPS) is 7.88. The molecule has 86 valence electrons. The molecule has 0 saturated heterocycles. The molecule has 0 bridgehead atoms. The molecule has 6 nitrogen and oxygen atoms in total. The standard InChI is InChI=1S/C8H7N3O3.C2H6/c12-5-9-3-1-2-6-4-10-8(14)11-7(6)13;1-2/h4-5H,3H2,(H,9,12)(H2,10,11,13,14);1-2H3. The van der Waals surface area contributed by atoms with Gasteiger partial charge in [0.25, 0.3) is 5.56 Å². The third-order valence-electron chi connectivity index (χ3n) is 1.32. The van der Waals surface area contributed by atoms with E-state index in [1.807, 2.05) is 18.8 Å². The molecule has 0 unspecified atom stereocenters. The monoisotopic (exact) mass is 223 g/mol. The largest absolute Gasteiger partial charge is 0.348 e. The summed E-state index contributed by atoms with van der Waals surface area (Å²) in [6.45, 7) is 4.15. The number of hydrogen-bond donors (Lipinski definition) is 3. The van der Waals surface area contributed by atoms with Crippen molar-refractivity contribution >= 4 is 6.41 Å². The van der Waals surface area contributed by atoms with Crippen molar-refractivity contribution < 1.29 is 4.79 Å². The predicted octanol–water partition coefficient (Wildman–Crippen LogP) is -0.813. The Bertz CT molecular complexity index is 490. The van der Waals surface area contributed by atoms with E-state index in [4.69, 9.17) is 0 Å². The first-order valence-corrected chi connectivity index (χ1v) is 4.72. The first-order valence-electron chi connectivity index (χ1n) is 4.72. The van der Waals surface area contributed by atoms with Crippen LogP contribution in [0.25, 0.3) is 0 Å². The van der Waals surface area contributed by atoms with Crippen molar-refractivity contribution in [3.05, 3.63) is 32.6 Å². The molecule has 0 saturated carbocycles. The zero-order chi connectivity index (χ0) is 12.4. The molecule has 0 aliphatic carbocycles. The molecule has 1 amide bonds. The number of aromatic nitrogens is 2. The van der Waals surface area contributed by atoms with Crippen LogP contribution in [0.1, 0.15) is 19.4 Å². The van der Waals surface area contributed by atoms with E-state index in [1.165, 1.54) is 6.20 Å². The Morgan fingerprint density at radius 2 is 2.12 bits per heavy atom. The van der Waals surface area contributed by atoms with Crippen LogP contribution in [-0.2, 0) is 4.79 Å². The minimum atomic E-state index is -0.577. The Hall–Kier alpha value is -2.29. The smallest absolute Gasteiger partial charge is 0.325 e. The van der Waals surface area contributed by atoms with Crippen molar-refractivity contribution in [1.29, 1.82) is 0 Å². The van der Waals surface area contributed by atoms with Crippen LogP contribution < -0.4 is 16.6 Å². The van der Waals surface area contributed by atoms with E-state index in [-0.39, 0.29) is 12.1 Å². The first kappa shape index (κ1) is 13.7. The van der Waals surface area contributed by atoms with Crippen molar-refractivity contribution in [3.8, 4) is 11.8 Å². The van der Waals surface area contributed by atoms with E-state index in [0.29, 0.717) is 6.41 Å². The number of carbonyl (C=O) groups excluding carboxylic acids is 1. The molecule has 0 aliphatic heterocycles. The Kier molecular flexibility index (Phi) is 6.90. The van der Waals surface area contributed by atoms with Gasteiger partial charge in [-0.25, -0.2) is 4.79 Å². The SMILES string of the molecule is CC.O=CNCC#Cc1c[nH]c(=O)[nH]c1=O. The second-order valence-corrected chi connectivity index (χ2v) is 2.29. The Labute approximate surface area is 92.1 Å². The van der Waals surface area contributed by atoms with Crippen LogP contribution in [0.15, 0.2) is 15.8 Å². The average Bonchev–Trinajstić information content (AvgIpc) is 2.29. The van der Waals surface area contributed by atoms with Crippen molar-refractivity contribution in [2.24, 2.45) is 0 Å². The third kappa shape index (κ3) is 4.81. The summed E-state index contributed by atoms with van der Waals surface area (Å²) in [6.07, 6.45) is 1.72. The van der Waals surface area contributed by atoms with E-state index in [0.717, 1.165) is 0 Å². The number of nitrogens with one attached hydrogen (secondary N) is 3. The number of H-pyrrole nitrogens is 2. The van der Waals surface area contributed by atoms with Crippen LogP contribution in [0.3, 0.4) is 0 Å². The van der Waals surface area contributed by atoms with Crippen LogP contribution in [0.4, 0.5) is 0 Å². The van der Waals surface area contributed by atoms with Gasteiger partial charge in [0.1, 0.15) is 5.56 Å². The highest BCUT2D eigenvalue weighted by Gasteiger charge is 1.93. The van der Waals surface area contributed by atoms with Gasteiger partial charge in [-0.1, -0.05) is 25.7 Å². The summed E-state index contributed by atoms with van der Waals surface area (Å²) in [5, 5.41) is 2.31. The summed E-state index contributed by atoms with van der Waals surface area (Å²) in [4.78, 5) is 35.8. The second kappa shape index (κ2) is 8.05. The summed E-state index contributed by atoms with van der Waals surface area (Å²) in [7, 11) is 0. The van der Waals surface area contributed by atoms with Gasteiger partial charge in [0.05, 0.1) is 6.54 Å². The molecule has 0 aromatic carbocycles. The summed E-state index contributed by atoms with van der Waals surface area (Å²) >= 11 is 0. The summed E-state index contributed by atoms with van der Waals surface area (Å²) in [6, 6.07) is 0. The molecule has 0 aliphatic rings. The molecule has 0 radical (unpaired) electrons. The molecule has 1 heterocycles. The van der Waals surface area contributed by atoms with Crippen molar-refractivity contribution in [2.45, 2.75) is 13.8 Å². The summed E-state index contributed by atoms with van der Waals surface area (Å²) in [5.41, 5.74) is -0.976. The van der Waals surface area contributed by atoms with Gasteiger partial charge in [0.2, 0.25) is 6.41 Å². The maximum Gasteiger partial charge on any atom is 0.325 e. The van der Waals surface area contributed by atoms with Gasteiger partial charge in [-0.3, -0.25) is 14.6 Å². The maximum atomic E-state index is 11.0. The van der Waals surface area contributed by atoms with E-state index in [1.54, 1.807) is 0 Å². The lowest BCUT2D eigenvalue weighted by atomic mass is 10.3. The lowest BCUT2D eigenvalue weighted by molar-refractivity contribution is -0.109. The molecule has 1 aromatic heterocycles. The number of amides is 1. The fourth-order valence-electron chi connectivity index (χ4n) is 0.735. The van der Waals surface area contributed by atoms with Crippen molar-refractivity contribution in [3.63, 3.8) is 0 Å². The number of carbonyl (C=O) groups is 1. The van der Waals surface area contributed by atoms with Gasteiger partial charge < -0.3 is 10.3 Å². The van der Waals surface area contributed by atoms with E-state index in [9.17, 15) is 14.4 Å². The third-order valence-corrected chi connectivity index (χ3v) is 1.32. The van der Waals surface area contributed by atoms with E-state index >= 15 is 0 Å². The van der Waals surface area contributed by atoms with Crippen LogP contribution in [0, 0.1) is 11.8 Å². The van der Waals surface area contributed by atoms with Gasteiger partial charge in [-0.15, -0.1) is 0 Å². The van der Waals surface area contributed by atoms with Crippen LogP contribution in [0.5, 0.6) is 0 Å². The summed E-state index contributed by atoms with van der Waals surface area (Å²) < 4.78 is 0. The van der Waals surface area contributed by atoms with Crippen molar-refractivity contribution in [1.82, 2.24) is 15.3 Å². The quantitative estimate of drug-likeness (QED) is 0.347. The van der Waals surface area contributed by atoms with Gasteiger partial charge in [0, 0.05) is 6.20 Å². The lowest BCUT2D eigenvalue weighted by Crippen LogP contribution is -2.23. The highest BCUT2D eigenvalue weighted by Crippen LogP contribution is 1.77. The van der Waals surface area contributed by atoms with Gasteiger partial charge in [-0.05, 0) is 0 Å².